The highest BCUT2D eigenvalue weighted by atomic mass is 19.4. The average molecular weight is 370 g/mol. The van der Waals surface area contributed by atoms with Gasteiger partial charge in [0.25, 0.3) is 0 Å². The van der Waals surface area contributed by atoms with Crippen molar-refractivity contribution in [2.24, 2.45) is 0 Å². The molecule has 1 fully saturated rings. The molecule has 6 heteroatoms. The number of carbonyl (C=O) groups is 1. The SMILES string of the molecule is CCCCCCCCC(=O)N1CCN(c2cccc(C(F)(F)F)c2)CC1. The maximum atomic E-state index is 12.8. The van der Waals surface area contributed by atoms with Gasteiger partial charge in [0, 0.05) is 38.3 Å². The Kier molecular flexibility index (Phi) is 7.79. The minimum absolute atomic E-state index is 0.171. The molecule has 1 saturated heterocycles. The summed E-state index contributed by atoms with van der Waals surface area (Å²) in [6, 6.07) is 5.41. The summed E-state index contributed by atoms with van der Waals surface area (Å²) in [5.74, 6) is 0.171. The van der Waals surface area contributed by atoms with E-state index in [-0.39, 0.29) is 5.91 Å². The van der Waals surface area contributed by atoms with Crippen molar-refractivity contribution in [3.05, 3.63) is 29.8 Å². The summed E-state index contributed by atoms with van der Waals surface area (Å²) in [5.41, 5.74) is -0.0561. The van der Waals surface area contributed by atoms with E-state index in [0.717, 1.165) is 18.9 Å². The van der Waals surface area contributed by atoms with E-state index >= 15 is 0 Å². The number of amides is 1. The van der Waals surface area contributed by atoms with Gasteiger partial charge in [0.05, 0.1) is 5.56 Å². The smallest absolute Gasteiger partial charge is 0.368 e. The first-order valence-electron chi connectivity index (χ1n) is 9.62. The Labute approximate surface area is 154 Å². The summed E-state index contributed by atoms with van der Waals surface area (Å²) in [4.78, 5) is 16.0. The van der Waals surface area contributed by atoms with Gasteiger partial charge in [0.2, 0.25) is 5.91 Å². The van der Waals surface area contributed by atoms with Crippen molar-refractivity contribution in [1.29, 1.82) is 0 Å². The van der Waals surface area contributed by atoms with E-state index in [0.29, 0.717) is 38.3 Å². The van der Waals surface area contributed by atoms with E-state index < -0.39 is 11.7 Å². The summed E-state index contributed by atoms with van der Waals surface area (Å²) in [5, 5.41) is 0. The molecule has 1 aromatic rings. The number of alkyl halides is 3. The lowest BCUT2D eigenvalue weighted by Crippen LogP contribution is -2.48. The first-order valence-corrected chi connectivity index (χ1v) is 9.62. The largest absolute Gasteiger partial charge is 0.416 e. The minimum Gasteiger partial charge on any atom is -0.368 e. The first kappa shape index (κ1) is 20.6. The lowest BCUT2D eigenvalue weighted by atomic mass is 10.1. The zero-order chi connectivity index (χ0) is 19.0. The van der Waals surface area contributed by atoms with E-state index in [4.69, 9.17) is 0 Å². The van der Waals surface area contributed by atoms with Crippen LogP contribution in [0.15, 0.2) is 24.3 Å². The number of piperazine rings is 1. The molecule has 0 atom stereocenters. The van der Waals surface area contributed by atoms with Gasteiger partial charge >= 0.3 is 6.18 Å². The fourth-order valence-corrected chi connectivity index (χ4v) is 3.31. The third-order valence-corrected chi connectivity index (χ3v) is 4.92. The normalized spacial score (nSPS) is 15.4. The van der Waals surface area contributed by atoms with Crippen molar-refractivity contribution < 1.29 is 18.0 Å². The summed E-state index contributed by atoms with van der Waals surface area (Å²) < 4.78 is 38.5. The molecule has 1 heterocycles. The Hall–Kier alpha value is -1.72. The Morgan fingerprint density at radius 2 is 1.65 bits per heavy atom. The second-order valence-corrected chi connectivity index (χ2v) is 6.93. The molecule has 1 aromatic carbocycles. The second-order valence-electron chi connectivity index (χ2n) is 6.93. The van der Waals surface area contributed by atoms with Crippen molar-refractivity contribution in [2.75, 3.05) is 31.1 Å². The number of unbranched alkanes of at least 4 members (excludes halogenated alkanes) is 5. The molecule has 1 amide bonds. The van der Waals surface area contributed by atoms with E-state index in [1.54, 1.807) is 6.07 Å². The molecule has 0 radical (unpaired) electrons. The molecule has 26 heavy (non-hydrogen) atoms. The summed E-state index contributed by atoms with van der Waals surface area (Å²) in [7, 11) is 0. The molecule has 3 nitrogen and oxygen atoms in total. The fraction of sp³-hybridized carbons (Fsp3) is 0.650. The van der Waals surface area contributed by atoms with Gasteiger partial charge in [-0.15, -0.1) is 0 Å². The number of halogens is 3. The molecule has 1 aliphatic heterocycles. The van der Waals surface area contributed by atoms with Crippen LogP contribution in [0.25, 0.3) is 0 Å². The number of carbonyl (C=O) groups excluding carboxylic acids is 1. The molecule has 0 bridgehead atoms. The quantitative estimate of drug-likeness (QED) is 0.594. The standard InChI is InChI=1S/C20H29F3N2O/c1-2-3-4-5-6-7-11-19(26)25-14-12-24(13-15-25)18-10-8-9-17(16-18)20(21,22)23/h8-10,16H,2-7,11-15H2,1H3. The van der Waals surface area contributed by atoms with Gasteiger partial charge in [-0.3, -0.25) is 4.79 Å². The fourth-order valence-electron chi connectivity index (χ4n) is 3.31. The summed E-state index contributed by atoms with van der Waals surface area (Å²) >= 11 is 0. The van der Waals surface area contributed by atoms with Crippen LogP contribution >= 0.6 is 0 Å². The monoisotopic (exact) mass is 370 g/mol. The molecular formula is C20H29F3N2O. The van der Waals surface area contributed by atoms with Crippen LogP contribution in [0.2, 0.25) is 0 Å². The predicted molar refractivity (Wildman–Crippen MR) is 98.2 cm³/mol. The van der Waals surface area contributed by atoms with Gasteiger partial charge in [0.1, 0.15) is 0 Å². The van der Waals surface area contributed by atoms with Crippen LogP contribution in [0.3, 0.4) is 0 Å². The summed E-state index contributed by atoms with van der Waals surface area (Å²) in [6.07, 6.45) is 3.16. The molecular weight excluding hydrogens is 341 g/mol. The maximum Gasteiger partial charge on any atom is 0.416 e. The lowest BCUT2D eigenvalue weighted by molar-refractivity contribution is -0.137. The van der Waals surface area contributed by atoms with Crippen molar-refractivity contribution in [3.63, 3.8) is 0 Å². The maximum absolute atomic E-state index is 12.8. The topological polar surface area (TPSA) is 23.6 Å². The van der Waals surface area contributed by atoms with Gasteiger partial charge in [-0.05, 0) is 24.6 Å². The van der Waals surface area contributed by atoms with E-state index in [2.05, 4.69) is 6.92 Å². The lowest BCUT2D eigenvalue weighted by Gasteiger charge is -2.36. The van der Waals surface area contributed by atoms with Gasteiger partial charge in [-0.1, -0.05) is 45.1 Å². The summed E-state index contributed by atoms with van der Waals surface area (Å²) in [6.45, 7) is 4.48. The van der Waals surface area contributed by atoms with Crippen LogP contribution in [-0.4, -0.2) is 37.0 Å². The molecule has 146 valence electrons. The highest BCUT2D eigenvalue weighted by molar-refractivity contribution is 5.76. The second kappa shape index (κ2) is 9.83. The molecule has 1 aliphatic rings. The predicted octanol–water partition coefficient (Wildman–Crippen LogP) is 5.10. The number of benzene rings is 1. The third-order valence-electron chi connectivity index (χ3n) is 4.92. The Bertz CT molecular complexity index is 566. The molecule has 0 spiro atoms. The zero-order valence-electron chi connectivity index (χ0n) is 15.5. The number of hydrogen-bond donors (Lipinski definition) is 0. The van der Waals surface area contributed by atoms with Crippen LogP contribution in [0.1, 0.15) is 57.4 Å². The van der Waals surface area contributed by atoms with Crippen LogP contribution in [-0.2, 0) is 11.0 Å². The van der Waals surface area contributed by atoms with Crippen LogP contribution < -0.4 is 4.90 Å². The highest BCUT2D eigenvalue weighted by Gasteiger charge is 2.31. The van der Waals surface area contributed by atoms with Crippen molar-refractivity contribution in [1.82, 2.24) is 4.90 Å². The minimum atomic E-state index is -4.33. The number of nitrogens with zero attached hydrogens (tertiary/aromatic N) is 2. The zero-order valence-corrected chi connectivity index (χ0v) is 15.5. The molecule has 0 aromatic heterocycles. The van der Waals surface area contributed by atoms with E-state index in [9.17, 15) is 18.0 Å². The Morgan fingerprint density at radius 1 is 1.00 bits per heavy atom. The van der Waals surface area contributed by atoms with Gasteiger partial charge in [0.15, 0.2) is 0 Å². The van der Waals surface area contributed by atoms with E-state index in [1.165, 1.54) is 37.8 Å². The number of rotatable bonds is 8. The molecule has 0 saturated carbocycles. The van der Waals surface area contributed by atoms with Gasteiger partial charge in [-0.25, -0.2) is 0 Å². The Balaban J connectivity index is 1.76. The first-order chi connectivity index (χ1) is 12.4. The van der Waals surface area contributed by atoms with Crippen molar-refractivity contribution in [3.8, 4) is 0 Å². The average Bonchev–Trinajstić information content (AvgIpc) is 2.64. The number of hydrogen-bond acceptors (Lipinski definition) is 2. The van der Waals surface area contributed by atoms with Gasteiger partial charge in [-0.2, -0.15) is 13.2 Å². The van der Waals surface area contributed by atoms with Crippen LogP contribution in [0, 0.1) is 0 Å². The third kappa shape index (κ3) is 6.22. The van der Waals surface area contributed by atoms with Crippen molar-refractivity contribution >= 4 is 11.6 Å². The van der Waals surface area contributed by atoms with Crippen LogP contribution in [0.5, 0.6) is 0 Å². The molecule has 0 unspecified atom stereocenters. The number of anilines is 1. The molecule has 0 N–H and O–H groups in total. The van der Waals surface area contributed by atoms with Crippen LogP contribution in [0.4, 0.5) is 18.9 Å². The van der Waals surface area contributed by atoms with Crippen molar-refractivity contribution in [2.45, 2.75) is 58.0 Å². The molecule has 0 aliphatic carbocycles. The van der Waals surface area contributed by atoms with E-state index in [1.807, 2.05) is 9.80 Å². The Morgan fingerprint density at radius 3 is 2.31 bits per heavy atom. The highest BCUT2D eigenvalue weighted by Crippen LogP contribution is 2.31. The molecule has 2 rings (SSSR count). The van der Waals surface area contributed by atoms with Gasteiger partial charge < -0.3 is 9.80 Å².